The molecular weight excluding hydrogens is 280 g/mol. The number of esters is 1. The van der Waals surface area contributed by atoms with E-state index < -0.39 is 0 Å². The van der Waals surface area contributed by atoms with Crippen molar-refractivity contribution in [3.8, 4) is 0 Å². The summed E-state index contributed by atoms with van der Waals surface area (Å²) in [5, 5.41) is 0. The lowest BCUT2D eigenvalue weighted by Crippen LogP contribution is -2.43. The van der Waals surface area contributed by atoms with E-state index in [0.29, 0.717) is 26.1 Å². The number of methoxy groups -OCH3 is 1. The fourth-order valence-electron chi connectivity index (χ4n) is 2.83. The molecule has 22 heavy (non-hydrogen) atoms. The number of rotatable bonds is 5. The Morgan fingerprint density at radius 2 is 2.05 bits per heavy atom. The van der Waals surface area contributed by atoms with Gasteiger partial charge in [-0.1, -0.05) is 37.3 Å². The maximum absolute atomic E-state index is 12.5. The van der Waals surface area contributed by atoms with E-state index in [1.165, 1.54) is 7.11 Å². The molecule has 0 saturated carbocycles. The van der Waals surface area contributed by atoms with E-state index in [0.717, 1.165) is 12.0 Å². The number of benzene rings is 1. The highest BCUT2D eigenvalue weighted by atomic mass is 16.5. The van der Waals surface area contributed by atoms with Crippen LogP contribution < -0.4 is 0 Å². The smallest absolute Gasteiger partial charge is 0.319 e. The summed E-state index contributed by atoms with van der Waals surface area (Å²) in [4.78, 5) is 27.9. The van der Waals surface area contributed by atoms with Gasteiger partial charge in [0.25, 0.3) is 0 Å². The Kier molecular flexibility index (Phi) is 5.95. The monoisotopic (exact) mass is 304 g/mol. The van der Waals surface area contributed by atoms with Crippen molar-refractivity contribution in [2.45, 2.75) is 32.4 Å². The molecule has 5 nitrogen and oxygen atoms in total. The van der Waals surface area contributed by atoms with Gasteiger partial charge in [0.15, 0.2) is 0 Å². The molecule has 1 aromatic rings. The molecule has 5 heteroatoms. The van der Waals surface area contributed by atoms with E-state index in [1.54, 1.807) is 0 Å². The Balaban J connectivity index is 2.08. The second-order valence-corrected chi connectivity index (χ2v) is 5.63. The molecule has 1 aromatic carbocycles. The summed E-state index contributed by atoms with van der Waals surface area (Å²) in [5.41, 5.74) is 1.13. The first-order valence-electron chi connectivity index (χ1n) is 7.76. The lowest BCUT2D eigenvalue weighted by Gasteiger charge is -2.31. The Bertz CT molecular complexity index is 504. The molecule has 0 spiro atoms. The average molecular weight is 304 g/mol. The molecule has 1 atom stereocenters. The molecule has 0 bridgehead atoms. The first kappa shape index (κ1) is 16.5. The largest absolute Gasteiger partial charge is 0.468 e. The molecule has 1 amide bonds. The second kappa shape index (κ2) is 7.94. The van der Waals surface area contributed by atoms with Crippen molar-refractivity contribution in [1.82, 2.24) is 9.80 Å². The Morgan fingerprint density at radius 3 is 2.68 bits per heavy atom. The quantitative estimate of drug-likeness (QED) is 0.777. The van der Waals surface area contributed by atoms with Crippen molar-refractivity contribution in [3.05, 3.63) is 35.9 Å². The minimum absolute atomic E-state index is 0.125. The van der Waals surface area contributed by atoms with Gasteiger partial charge in [0.1, 0.15) is 0 Å². The maximum atomic E-state index is 12.5. The Morgan fingerprint density at radius 1 is 1.32 bits per heavy atom. The number of carbonyl (C=O) groups excluding carboxylic acids is 2. The molecule has 0 radical (unpaired) electrons. The third-order valence-electron chi connectivity index (χ3n) is 4.12. The van der Waals surface area contributed by atoms with Crippen molar-refractivity contribution in [1.29, 1.82) is 0 Å². The summed E-state index contributed by atoms with van der Waals surface area (Å²) in [6, 6.07) is 10.2. The zero-order valence-corrected chi connectivity index (χ0v) is 13.3. The van der Waals surface area contributed by atoms with Crippen LogP contribution in [0.3, 0.4) is 0 Å². The summed E-state index contributed by atoms with van der Waals surface area (Å²) in [5.74, 6) is -0.0955. The van der Waals surface area contributed by atoms with Gasteiger partial charge in [-0.15, -0.1) is 0 Å². The first-order chi connectivity index (χ1) is 10.6. The van der Waals surface area contributed by atoms with Gasteiger partial charge in [-0.2, -0.15) is 0 Å². The van der Waals surface area contributed by atoms with Crippen LogP contribution in [0.5, 0.6) is 0 Å². The topological polar surface area (TPSA) is 49.9 Å². The Hall–Kier alpha value is -1.88. The molecule has 1 aliphatic heterocycles. The summed E-state index contributed by atoms with van der Waals surface area (Å²) < 4.78 is 4.73. The predicted molar refractivity (Wildman–Crippen MR) is 84.1 cm³/mol. The van der Waals surface area contributed by atoms with Gasteiger partial charge >= 0.3 is 5.97 Å². The van der Waals surface area contributed by atoms with Crippen molar-refractivity contribution in [3.63, 3.8) is 0 Å². The molecule has 120 valence electrons. The standard InChI is InChI=1S/C17H24N2O3/c1-3-15-12-18(13-17(21)22-2)10-9-16(20)19(15)11-14-7-5-4-6-8-14/h4-8,15H,3,9-13H2,1-2H3. The molecule has 1 saturated heterocycles. The van der Waals surface area contributed by atoms with E-state index in [-0.39, 0.29) is 24.5 Å². The number of amides is 1. The molecular formula is C17H24N2O3. The van der Waals surface area contributed by atoms with E-state index >= 15 is 0 Å². The second-order valence-electron chi connectivity index (χ2n) is 5.63. The van der Waals surface area contributed by atoms with Gasteiger partial charge in [0.05, 0.1) is 13.7 Å². The van der Waals surface area contributed by atoms with Gasteiger partial charge in [0.2, 0.25) is 5.91 Å². The lowest BCUT2D eigenvalue weighted by molar-refractivity contribution is -0.142. The van der Waals surface area contributed by atoms with E-state index in [1.807, 2.05) is 40.1 Å². The van der Waals surface area contributed by atoms with Crippen LogP contribution in [-0.2, 0) is 20.9 Å². The molecule has 1 heterocycles. The lowest BCUT2D eigenvalue weighted by atomic mass is 10.1. The van der Waals surface area contributed by atoms with E-state index in [4.69, 9.17) is 4.74 Å². The van der Waals surface area contributed by atoms with Crippen molar-refractivity contribution >= 4 is 11.9 Å². The maximum Gasteiger partial charge on any atom is 0.319 e. The predicted octanol–water partition coefficient (Wildman–Crippen LogP) is 1.67. The first-order valence-corrected chi connectivity index (χ1v) is 7.76. The number of hydrogen-bond donors (Lipinski definition) is 0. The molecule has 2 rings (SSSR count). The van der Waals surface area contributed by atoms with E-state index in [2.05, 4.69) is 6.92 Å². The number of ether oxygens (including phenoxy) is 1. The third kappa shape index (κ3) is 4.31. The number of hydrogen-bond acceptors (Lipinski definition) is 4. The van der Waals surface area contributed by atoms with Crippen LogP contribution in [0.15, 0.2) is 30.3 Å². The van der Waals surface area contributed by atoms with Crippen LogP contribution in [0.2, 0.25) is 0 Å². The van der Waals surface area contributed by atoms with Gasteiger partial charge in [-0.3, -0.25) is 14.5 Å². The van der Waals surface area contributed by atoms with Crippen LogP contribution in [0.25, 0.3) is 0 Å². The molecule has 0 aromatic heterocycles. The van der Waals surface area contributed by atoms with Gasteiger partial charge in [-0.05, 0) is 12.0 Å². The normalized spacial score (nSPS) is 19.8. The van der Waals surface area contributed by atoms with Crippen LogP contribution in [-0.4, -0.2) is 54.5 Å². The van der Waals surface area contributed by atoms with Crippen molar-refractivity contribution < 1.29 is 14.3 Å². The summed E-state index contributed by atoms with van der Waals surface area (Å²) in [6.07, 6.45) is 1.32. The number of nitrogens with zero attached hydrogens (tertiary/aromatic N) is 2. The van der Waals surface area contributed by atoms with E-state index in [9.17, 15) is 9.59 Å². The van der Waals surface area contributed by atoms with Crippen molar-refractivity contribution in [2.75, 3.05) is 26.7 Å². The minimum Gasteiger partial charge on any atom is -0.468 e. The van der Waals surface area contributed by atoms with Gasteiger partial charge < -0.3 is 9.64 Å². The fraction of sp³-hybridized carbons (Fsp3) is 0.529. The summed E-state index contributed by atoms with van der Waals surface area (Å²) in [6.45, 7) is 4.28. The molecule has 0 N–H and O–H groups in total. The minimum atomic E-state index is -0.251. The molecule has 0 aliphatic carbocycles. The van der Waals surface area contributed by atoms with Crippen molar-refractivity contribution in [2.24, 2.45) is 0 Å². The van der Waals surface area contributed by atoms with Crippen LogP contribution in [0.4, 0.5) is 0 Å². The molecule has 1 fully saturated rings. The van der Waals surface area contributed by atoms with Crippen LogP contribution in [0, 0.1) is 0 Å². The zero-order valence-electron chi connectivity index (χ0n) is 13.3. The molecule has 1 aliphatic rings. The highest BCUT2D eigenvalue weighted by Gasteiger charge is 2.29. The summed E-state index contributed by atoms with van der Waals surface area (Å²) >= 11 is 0. The Labute approximate surface area is 131 Å². The SMILES string of the molecule is CCC1CN(CC(=O)OC)CCC(=O)N1Cc1ccccc1. The van der Waals surface area contributed by atoms with Crippen LogP contribution >= 0.6 is 0 Å². The third-order valence-corrected chi connectivity index (χ3v) is 4.12. The van der Waals surface area contributed by atoms with Gasteiger partial charge in [-0.25, -0.2) is 0 Å². The average Bonchev–Trinajstić information content (AvgIpc) is 2.69. The highest BCUT2D eigenvalue weighted by Crippen LogP contribution is 2.17. The molecule has 1 unspecified atom stereocenters. The zero-order chi connectivity index (χ0) is 15.9. The fourth-order valence-corrected chi connectivity index (χ4v) is 2.83. The summed E-state index contributed by atoms with van der Waals surface area (Å²) in [7, 11) is 1.39. The van der Waals surface area contributed by atoms with Gasteiger partial charge in [0, 0.05) is 32.1 Å². The highest BCUT2D eigenvalue weighted by molar-refractivity contribution is 5.77. The number of carbonyl (C=O) groups is 2. The van der Waals surface area contributed by atoms with Crippen LogP contribution in [0.1, 0.15) is 25.3 Å².